The van der Waals surface area contributed by atoms with Gasteiger partial charge >= 0.3 is 19.1 Å². The molecule has 96 heavy (non-hydrogen) atoms. The summed E-state index contributed by atoms with van der Waals surface area (Å²) in [6, 6.07) is 16.0. The third-order valence-electron chi connectivity index (χ3n) is 22.7. The van der Waals surface area contributed by atoms with Gasteiger partial charge in [-0.2, -0.15) is 10.1 Å². The first-order valence-electron chi connectivity index (χ1n) is 33.6. The number of benzene rings is 4. The predicted octanol–water partition coefficient (Wildman–Crippen LogP) is 7.33. The minimum absolute atomic E-state index is 0.0315. The molecule has 24 heteroatoms. The number of hydrogen-bond acceptors (Lipinski definition) is 18. The molecule has 0 aromatic heterocycles. The number of ether oxygens (including phenoxy) is 4. The number of fused-ring (bicyclic) bond motifs is 6. The number of carbonyl (C=O) groups excluding carboxylic acids is 2. The Kier molecular flexibility index (Phi) is 21.3. The molecule has 6 aliphatic carbocycles. The van der Waals surface area contributed by atoms with Gasteiger partial charge in [-0.25, -0.2) is 9.59 Å². The van der Waals surface area contributed by atoms with Gasteiger partial charge in [0.15, 0.2) is 0 Å². The number of aliphatic hydroxyl groups excluding tert-OH is 4. The van der Waals surface area contributed by atoms with E-state index in [1.165, 1.54) is 25.0 Å². The van der Waals surface area contributed by atoms with Crippen molar-refractivity contribution in [1.29, 1.82) is 0 Å². The number of hydrogen-bond donors (Lipinski definition) is 10. The third kappa shape index (κ3) is 14.1. The molecule has 4 aromatic carbocycles. The third-order valence-corrected chi connectivity index (χ3v) is 23.2. The van der Waals surface area contributed by atoms with Crippen molar-refractivity contribution in [2.75, 3.05) is 27.4 Å². The summed E-state index contributed by atoms with van der Waals surface area (Å²) < 4.78 is 23.8. The number of aliphatic hydroxyl groups is 4. The molecular weight excluding hydrogens is 1300 g/mol. The van der Waals surface area contributed by atoms with Crippen molar-refractivity contribution < 1.29 is 88.5 Å². The van der Waals surface area contributed by atoms with E-state index >= 15 is 0 Å². The molecule has 4 heterocycles. The molecule has 6 saturated carbocycles. The number of halogens is 1. The number of rotatable bonds is 18. The summed E-state index contributed by atoms with van der Waals surface area (Å²) in [6.07, 6.45) is 2.24. The molecule has 10 aliphatic rings. The fourth-order valence-corrected chi connectivity index (χ4v) is 18.0. The van der Waals surface area contributed by atoms with Crippen LogP contribution in [0.15, 0.2) is 65.1 Å². The number of carbonyl (C=O) groups is 4. The summed E-state index contributed by atoms with van der Waals surface area (Å²) in [4.78, 5) is 63.3. The number of nitrogens with zero attached hydrogens (tertiary/aromatic N) is 2. The van der Waals surface area contributed by atoms with Crippen LogP contribution in [0, 0.1) is 58.2 Å². The van der Waals surface area contributed by atoms with Gasteiger partial charge in [0.25, 0.3) is 0 Å². The Morgan fingerprint density at radius 3 is 1.46 bits per heavy atom. The first-order valence-corrected chi connectivity index (χ1v) is 34.4. The van der Waals surface area contributed by atoms with E-state index < -0.39 is 73.0 Å². The summed E-state index contributed by atoms with van der Waals surface area (Å²) in [5.74, 6) is 0.876. The van der Waals surface area contributed by atoms with Crippen molar-refractivity contribution in [3.05, 3.63) is 98.5 Å². The van der Waals surface area contributed by atoms with Crippen LogP contribution in [-0.4, -0.2) is 169 Å². The van der Waals surface area contributed by atoms with E-state index in [4.69, 9.17) is 33.7 Å². The molecule has 4 aliphatic heterocycles. The van der Waals surface area contributed by atoms with Gasteiger partial charge in [-0.3, -0.25) is 19.3 Å². The zero-order valence-corrected chi connectivity index (χ0v) is 59.2. The Bertz CT molecular complexity index is 3560. The standard InChI is InChI=1S/C36H48N2O8.C25H39BN2O7.C11H11BrO3/c1-18-26-13-23(36(26,5)6)14-27(18)37-33(41)30-29(19(2)40)28(17-39)46-38(30)16-20-9-8-10-24(31(20)44-7)21-11-22-15-35(3,4)45-32(22)25(12-21)34(42)43;1-13-17-9-16(25(17,3)4)10-19(13)27-24(31)22-21(14(2)30)20(12-29)35-28(22)11-15-7-6-8-18(26(32)33)23(15)34-5;1-11(2)5-6-3-7(12)4-8(10(13)14)9(6)15-11/h8-12,18-19,23,26-30,39-40H,13-17H2,1-7H3,(H,37,41)(H,42,43);6-8,13-14,16-17,19-22,29-30,32-33H,9-12H2,1-5H3,(H,27,31);3-4H,5H2,1-2H3,(H,13,14)/t18-,19-,23+,26-,27-,28-,29+,30-;13-,14-,16+,17-,19-,20-,21+,22-;/m00./s1. The fourth-order valence-electron chi connectivity index (χ4n) is 17.5. The SMILES string of the molecule is CC1(C)Cc2cc(Br)cc(C(=O)O)c2O1.COc1c(CN2O[C@@H](CO)[C@@H]([C@H](C)O)[C@H]2C(=O)N[C@H]2C[C@H]3C[C@@H]([C@@H]2C)C3(C)C)cccc1-c1cc2c(c(C(=O)O)c1)OC(C)(C)C2.COc1c(CN2O[C@@H](CO)[C@@H]([C@H](C)O)[C@H]2C(=O)N[C@H]2C[C@H]3C[C@@H]([C@@H]2C)C3(C)C)cccc1B(O)O. The number of carboxylic acids is 2. The highest BCUT2D eigenvalue weighted by atomic mass is 79.9. The van der Waals surface area contributed by atoms with Crippen LogP contribution in [0.4, 0.5) is 0 Å². The summed E-state index contributed by atoms with van der Waals surface area (Å²) in [7, 11) is 1.27. The lowest BCUT2D eigenvalue weighted by atomic mass is 9.45. The van der Waals surface area contributed by atoms with Gasteiger partial charge in [-0.05, 0) is 149 Å². The van der Waals surface area contributed by atoms with Crippen LogP contribution < -0.4 is 35.0 Å². The second-order valence-electron chi connectivity index (χ2n) is 30.5. The zero-order chi connectivity index (χ0) is 70.2. The Balaban J connectivity index is 0.000000176. The summed E-state index contributed by atoms with van der Waals surface area (Å²) in [5.41, 5.74) is 4.71. The maximum absolute atomic E-state index is 14.1. The van der Waals surface area contributed by atoms with Gasteiger partial charge in [-0.1, -0.05) is 93.9 Å². The monoisotopic (exact) mass is 1400 g/mol. The van der Waals surface area contributed by atoms with Crippen molar-refractivity contribution in [1.82, 2.24) is 20.8 Å². The number of para-hydroxylation sites is 2. The maximum atomic E-state index is 14.1. The molecule has 2 saturated heterocycles. The lowest BCUT2D eigenvalue weighted by Crippen LogP contribution is -2.62. The highest BCUT2D eigenvalue weighted by Gasteiger charge is 2.59. The first-order chi connectivity index (χ1) is 45.1. The number of hydroxylamine groups is 4. The average molecular weight is 1400 g/mol. The van der Waals surface area contributed by atoms with Gasteiger partial charge in [0.2, 0.25) is 11.8 Å². The normalized spacial score (nSPS) is 30.3. The quantitative estimate of drug-likeness (QED) is 0.0436. The Hall–Kier alpha value is -5.90. The molecule has 0 spiro atoms. The molecule has 8 fully saturated rings. The molecule has 14 rings (SSSR count). The number of nitrogens with one attached hydrogen (secondary N) is 2. The van der Waals surface area contributed by atoms with Crippen LogP contribution in [0.3, 0.4) is 0 Å². The van der Waals surface area contributed by atoms with Crippen molar-refractivity contribution in [3.8, 4) is 34.1 Å². The van der Waals surface area contributed by atoms with Crippen molar-refractivity contribution in [3.63, 3.8) is 0 Å². The minimum atomic E-state index is -1.72. The van der Waals surface area contributed by atoms with Gasteiger partial charge in [0.05, 0.1) is 52.7 Å². The molecule has 4 aromatic rings. The van der Waals surface area contributed by atoms with E-state index in [0.717, 1.165) is 34.9 Å². The first kappa shape index (κ1) is 72.8. The van der Waals surface area contributed by atoms with E-state index in [-0.39, 0.29) is 83.6 Å². The minimum Gasteiger partial charge on any atom is -0.497 e. The van der Waals surface area contributed by atoms with Crippen LogP contribution in [-0.2, 0) is 45.2 Å². The molecule has 16 atom stereocenters. The van der Waals surface area contributed by atoms with Crippen LogP contribution >= 0.6 is 15.9 Å². The summed E-state index contributed by atoms with van der Waals surface area (Å²) >= 11 is 3.30. The lowest BCUT2D eigenvalue weighted by Gasteiger charge is -2.62. The maximum Gasteiger partial charge on any atom is 0.492 e. The van der Waals surface area contributed by atoms with Gasteiger partial charge in [-0.15, -0.1) is 0 Å². The largest absolute Gasteiger partial charge is 0.497 e. The highest BCUT2D eigenvalue weighted by Crippen LogP contribution is 2.62. The highest BCUT2D eigenvalue weighted by molar-refractivity contribution is 9.10. The van der Waals surface area contributed by atoms with E-state index in [1.54, 1.807) is 56.4 Å². The predicted molar refractivity (Wildman–Crippen MR) is 361 cm³/mol. The van der Waals surface area contributed by atoms with E-state index in [0.29, 0.717) is 86.8 Å². The molecule has 0 unspecified atom stereocenters. The summed E-state index contributed by atoms with van der Waals surface area (Å²) in [6.45, 7) is 24.2. The second-order valence-corrected chi connectivity index (χ2v) is 31.4. The summed E-state index contributed by atoms with van der Waals surface area (Å²) in [5, 5.41) is 89.7. The zero-order valence-electron chi connectivity index (χ0n) is 57.6. The van der Waals surface area contributed by atoms with Crippen LogP contribution in [0.25, 0.3) is 11.1 Å². The number of amides is 2. The van der Waals surface area contributed by atoms with Gasteiger partial charge in [0.1, 0.15) is 69.6 Å². The molecule has 4 bridgehead atoms. The topological polar surface area (TPSA) is 316 Å². The molecular formula is C72H98BBrN4O18. The van der Waals surface area contributed by atoms with Crippen molar-refractivity contribution in [2.24, 2.45) is 58.2 Å². The number of carboxylic acid groups (broad SMARTS) is 2. The van der Waals surface area contributed by atoms with E-state index in [9.17, 15) is 54.8 Å². The van der Waals surface area contributed by atoms with Gasteiger partial charge < -0.3 is 70.3 Å². The fraction of sp³-hybridized carbons (Fsp3) is 0.611. The Morgan fingerprint density at radius 1 is 0.635 bits per heavy atom. The Morgan fingerprint density at radius 2 is 1.06 bits per heavy atom. The average Bonchev–Trinajstić information content (AvgIpc) is 1.12. The van der Waals surface area contributed by atoms with Crippen molar-refractivity contribution in [2.45, 2.75) is 194 Å². The van der Waals surface area contributed by atoms with Crippen LogP contribution in [0.2, 0.25) is 0 Å². The Labute approximate surface area is 571 Å². The number of methoxy groups -OCH3 is 2. The van der Waals surface area contributed by atoms with E-state index in [2.05, 4.69) is 68.1 Å². The molecule has 2 amide bonds. The molecule has 22 nitrogen and oxygen atoms in total. The smallest absolute Gasteiger partial charge is 0.492 e. The second kappa shape index (κ2) is 28.0. The molecule has 524 valence electrons. The van der Waals surface area contributed by atoms with E-state index in [1.807, 2.05) is 58.0 Å². The number of aromatic carboxylic acids is 2. The van der Waals surface area contributed by atoms with Crippen LogP contribution in [0.5, 0.6) is 23.0 Å². The van der Waals surface area contributed by atoms with Crippen LogP contribution in [0.1, 0.15) is 152 Å². The molecule has 0 radical (unpaired) electrons. The lowest BCUT2D eigenvalue weighted by molar-refractivity contribution is -0.183. The molecule has 10 N–H and O–H groups in total. The van der Waals surface area contributed by atoms with Gasteiger partial charge in [0, 0.05) is 69.0 Å². The van der Waals surface area contributed by atoms with Crippen molar-refractivity contribution >= 4 is 52.3 Å².